The number of nitrogens with one attached hydrogen (secondary N) is 1. The molecule has 3 heterocycles. The first-order valence-corrected chi connectivity index (χ1v) is 8.00. The SMILES string of the molecule is CCc1nc2nc(Br)[nH]n2c(=O)c1N1CCCN(C)CC1. The Balaban J connectivity index is 2.11. The van der Waals surface area contributed by atoms with Gasteiger partial charge in [0, 0.05) is 19.6 Å². The third kappa shape index (κ3) is 2.69. The van der Waals surface area contributed by atoms with E-state index in [1.807, 2.05) is 6.92 Å². The molecule has 0 aromatic carbocycles. The molecular weight excluding hydrogens is 336 g/mol. The summed E-state index contributed by atoms with van der Waals surface area (Å²) in [4.78, 5) is 26.0. The summed E-state index contributed by atoms with van der Waals surface area (Å²) in [6, 6.07) is 0. The zero-order chi connectivity index (χ0) is 15.0. The van der Waals surface area contributed by atoms with E-state index >= 15 is 0 Å². The molecule has 0 aliphatic carbocycles. The highest BCUT2D eigenvalue weighted by molar-refractivity contribution is 9.10. The summed E-state index contributed by atoms with van der Waals surface area (Å²) in [5, 5.41) is 2.89. The zero-order valence-corrected chi connectivity index (χ0v) is 13.9. The van der Waals surface area contributed by atoms with E-state index in [2.05, 4.69) is 47.8 Å². The fourth-order valence-corrected chi connectivity index (χ4v) is 3.09. The zero-order valence-electron chi connectivity index (χ0n) is 12.3. The molecule has 0 saturated carbocycles. The van der Waals surface area contributed by atoms with E-state index in [-0.39, 0.29) is 5.56 Å². The van der Waals surface area contributed by atoms with Crippen molar-refractivity contribution in [2.75, 3.05) is 38.1 Å². The fraction of sp³-hybridized carbons (Fsp3) is 0.615. The molecule has 0 unspecified atom stereocenters. The Morgan fingerprint density at radius 2 is 2.05 bits per heavy atom. The minimum atomic E-state index is -0.0698. The maximum Gasteiger partial charge on any atom is 0.297 e. The van der Waals surface area contributed by atoms with Crippen LogP contribution in [0.2, 0.25) is 0 Å². The lowest BCUT2D eigenvalue weighted by Gasteiger charge is -2.23. The molecule has 0 atom stereocenters. The summed E-state index contributed by atoms with van der Waals surface area (Å²) in [6.45, 7) is 5.77. The maximum absolute atomic E-state index is 12.8. The van der Waals surface area contributed by atoms with E-state index in [9.17, 15) is 4.79 Å². The van der Waals surface area contributed by atoms with Gasteiger partial charge in [-0.05, 0) is 42.4 Å². The van der Waals surface area contributed by atoms with Crippen LogP contribution in [0, 0.1) is 0 Å². The Kier molecular flexibility index (Phi) is 3.99. The minimum Gasteiger partial charge on any atom is -0.364 e. The van der Waals surface area contributed by atoms with Crippen LogP contribution in [0.3, 0.4) is 0 Å². The quantitative estimate of drug-likeness (QED) is 0.866. The number of hydrogen-bond donors (Lipinski definition) is 1. The smallest absolute Gasteiger partial charge is 0.297 e. The van der Waals surface area contributed by atoms with Gasteiger partial charge in [-0.2, -0.15) is 9.50 Å². The Morgan fingerprint density at radius 3 is 2.81 bits per heavy atom. The molecule has 2 aromatic heterocycles. The van der Waals surface area contributed by atoms with Crippen LogP contribution in [-0.2, 0) is 6.42 Å². The van der Waals surface area contributed by atoms with Crippen LogP contribution in [-0.4, -0.2) is 57.7 Å². The molecule has 1 saturated heterocycles. The van der Waals surface area contributed by atoms with Crippen molar-refractivity contribution in [3.63, 3.8) is 0 Å². The predicted molar refractivity (Wildman–Crippen MR) is 85.0 cm³/mol. The summed E-state index contributed by atoms with van der Waals surface area (Å²) < 4.78 is 1.93. The van der Waals surface area contributed by atoms with Crippen LogP contribution in [0.5, 0.6) is 0 Å². The van der Waals surface area contributed by atoms with Crippen molar-refractivity contribution in [3.05, 3.63) is 20.8 Å². The van der Waals surface area contributed by atoms with Gasteiger partial charge in [0.15, 0.2) is 4.73 Å². The van der Waals surface area contributed by atoms with Gasteiger partial charge in [0.1, 0.15) is 5.69 Å². The van der Waals surface area contributed by atoms with Gasteiger partial charge in [0.2, 0.25) is 0 Å². The van der Waals surface area contributed by atoms with Crippen molar-refractivity contribution in [2.24, 2.45) is 0 Å². The second-order valence-electron chi connectivity index (χ2n) is 5.36. The van der Waals surface area contributed by atoms with Gasteiger partial charge in [0.25, 0.3) is 11.3 Å². The van der Waals surface area contributed by atoms with Gasteiger partial charge in [-0.15, -0.1) is 0 Å². The average Bonchev–Trinajstić information content (AvgIpc) is 2.70. The van der Waals surface area contributed by atoms with E-state index in [4.69, 9.17) is 0 Å². The number of hydrogen-bond acceptors (Lipinski definition) is 5. The molecule has 1 fully saturated rings. The number of likely N-dealkylation sites (N-methyl/N-ethyl adjacent to an activating group) is 1. The first kappa shape index (κ1) is 14.5. The van der Waals surface area contributed by atoms with E-state index in [1.54, 1.807) is 0 Å². The lowest BCUT2D eigenvalue weighted by Crippen LogP contribution is -2.35. The number of aromatic nitrogens is 4. The van der Waals surface area contributed by atoms with E-state index < -0.39 is 0 Å². The summed E-state index contributed by atoms with van der Waals surface area (Å²) in [6.07, 6.45) is 1.77. The van der Waals surface area contributed by atoms with Gasteiger partial charge < -0.3 is 9.80 Å². The summed E-state index contributed by atoms with van der Waals surface area (Å²) in [7, 11) is 2.12. The molecule has 7 nitrogen and oxygen atoms in total. The highest BCUT2D eigenvalue weighted by atomic mass is 79.9. The van der Waals surface area contributed by atoms with Crippen LogP contribution in [0.1, 0.15) is 19.0 Å². The van der Waals surface area contributed by atoms with Crippen molar-refractivity contribution in [1.29, 1.82) is 0 Å². The Bertz CT molecular complexity index is 708. The van der Waals surface area contributed by atoms with Crippen LogP contribution in [0.4, 0.5) is 5.69 Å². The molecule has 2 aromatic rings. The molecule has 1 aliphatic heterocycles. The minimum absolute atomic E-state index is 0.0698. The van der Waals surface area contributed by atoms with Gasteiger partial charge >= 0.3 is 0 Å². The Morgan fingerprint density at radius 1 is 1.24 bits per heavy atom. The van der Waals surface area contributed by atoms with Gasteiger partial charge in [-0.3, -0.25) is 9.89 Å². The van der Waals surface area contributed by atoms with Crippen molar-refractivity contribution in [1.82, 2.24) is 24.5 Å². The average molecular weight is 355 g/mol. The topological polar surface area (TPSA) is 69.5 Å². The number of aromatic amines is 1. The molecule has 0 radical (unpaired) electrons. The third-order valence-corrected chi connectivity index (χ3v) is 4.24. The highest BCUT2D eigenvalue weighted by Crippen LogP contribution is 2.18. The standard InChI is InChI=1S/C13H19BrN6O/c1-3-9-10(19-6-4-5-18(2)7-8-19)11(21)20-13(15-9)16-12(14)17-20/h3-8H2,1-2H3,(H,15,16,17). The molecule has 21 heavy (non-hydrogen) atoms. The van der Waals surface area contributed by atoms with E-state index in [0.717, 1.165) is 44.7 Å². The predicted octanol–water partition coefficient (Wildman–Crippen LogP) is 0.884. The molecule has 8 heteroatoms. The first-order chi connectivity index (χ1) is 10.1. The van der Waals surface area contributed by atoms with Gasteiger partial charge in [-0.25, -0.2) is 4.98 Å². The second kappa shape index (κ2) is 5.76. The van der Waals surface area contributed by atoms with Crippen LogP contribution in [0.25, 0.3) is 5.78 Å². The van der Waals surface area contributed by atoms with Crippen molar-refractivity contribution < 1.29 is 0 Å². The molecule has 0 amide bonds. The maximum atomic E-state index is 12.8. The first-order valence-electron chi connectivity index (χ1n) is 7.20. The lowest BCUT2D eigenvalue weighted by molar-refractivity contribution is 0.360. The molecule has 1 N–H and O–H groups in total. The number of nitrogens with zero attached hydrogens (tertiary/aromatic N) is 5. The number of anilines is 1. The largest absolute Gasteiger partial charge is 0.364 e. The highest BCUT2D eigenvalue weighted by Gasteiger charge is 2.21. The number of rotatable bonds is 2. The fourth-order valence-electron chi connectivity index (χ4n) is 2.76. The number of H-pyrrole nitrogens is 1. The molecule has 1 aliphatic rings. The van der Waals surface area contributed by atoms with Crippen molar-refractivity contribution in [2.45, 2.75) is 19.8 Å². The number of aryl methyl sites for hydroxylation is 1. The van der Waals surface area contributed by atoms with E-state index in [1.165, 1.54) is 4.52 Å². The normalized spacial score (nSPS) is 17.4. The molecule has 114 valence electrons. The lowest BCUT2D eigenvalue weighted by atomic mass is 10.2. The monoisotopic (exact) mass is 354 g/mol. The number of fused-ring (bicyclic) bond motifs is 1. The van der Waals surface area contributed by atoms with Crippen molar-refractivity contribution >= 4 is 27.4 Å². The van der Waals surface area contributed by atoms with Gasteiger partial charge in [0.05, 0.1) is 5.69 Å². The molecule has 3 rings (SSSR count). The van der Waals surface area contributed by atoms with Crippen LogP contribution >= 0.6 is 15.9 Å². The van der Waals surface area contributed by atoms with Crippen LogP contribution in [0.15, 0.2) is 9.53 Å². The second-order valence-corrected chi connectivity index (χ2v) is 6.11. The molecular formula is C13H19BrN6O. The summed E-state index contributed by atoms with van der Waals surface area (Å²) in [5.74, 6) is 0.416. The van der Waals surface area contributed by atoms with E-state index in [0.29, 0.717) is 16.2 Å². The number of halogens is 1. The third-order valence-electron chi connectivity index (χ3n) is 3.89. The van der Waals surface area contributed by atoms with Crippen molar-refractivity contribution in [3.8, 4) is 0 Å². The summed E-state index contributed by atoms with van der Waals surface area (Å²) in [5.41, 5.74) is 1.46. The Hall–Kier alpha value is -1.41. The molecule has 0 bridgehead atoms. The Labute approximate surface area is 131 Å². The van der Waals surface area contributed by atoms with Gasteiger partial charge in [-0.1, -0.05) is 6.92 Å². The summed E-state index contributed by atoms with van der Waals surface area (Å²) >= 11 is 3.26. The van der Waals surface area contributed by atoms with Crippen LogP contribution < -0.4 is 10.5 Å². The molecule has 0 spiro atoms.